The third-order valence-electron chi connectivity index (χ3n) is 5.36. The minimum atomic E-state index is -0.428. The Labute approximate surface area is 176 Å². The fourth-order valence-corrected chi connectivity index (χ4v) is 3.82. The van der Waals surface area contributed by atoms with Crippen LogP contribution >= 0.6 is 0 Å². The van der Waals surface area contributed by atoms with Gasteiger partial charge in [0.05, 0.1) is 5.56 Å². The molecule has 0 saturated heterocycles. The highest BCUT2D eigenvalue weighted by Crippen LogP contribution is 2.39. The Morgan fingerprint density at radius 1 is 0.633 bits per heavy atom. The summed E-state index contributed by atoms with van der Waals surface area (Å²) in [6.45, 7) is 0. The van der Waals surface area contributed by atoms with Crippen molar-refractivity contribution < 1.29 is 9.53 Å². The highest BCUT2D eigenvalue weighted by molar-refractivity contribution is 6.14. The molecule has 0 unspecified atom stereocenters. The zero-order valence-corrected chi connectivity index (χ0v) is 16.4. The molecule has 0 radical (unpaired) electrons. The molecule has 0 fully saturated rings. The summed E-state index contributed by atoms with van der Waals surface area (Å²) in [6.07, 6.45) is 1.52. The van der Waals surface area contributed by atoms with Crippen LogP contribution in [-0.4, -0.2) is 5.78 Å². The molecule has 0 bridgehead atoms. The van der Waals surface area contributed by atoms with Gasteiger partial charge in [0.25, 0.3) is 0 Å². The second kappa shape index (κ2) is 7.84. The van der Waals surface area contributed by atoms with Gasteiger partial charge in [-0.15, -0.1) is 0 Å². The monoisotopic (exact) mass is 388 g/mol. The molecule has 0 N–H and O–H groups in total. The zero-order chi connectivity index (χ0) is 20.3. The molecule has 30 heavy (non-hydrogen) atoms. The second-order valence-electron chi connectivity index (χ2n) is 7.32. The highest BCUT2D eigenvalue weighted by Gasteiger charge is 2.32. The minimum absolute atomic E-state index is 0.0119. The van der Waals surface area contributed by atoms with E-state index in [2.05, 4.69) is 24.3 Å². The summed E-state index contributed by atoms with van der Waals surface area (Å²) in [5, 5.41) is 0. The number of benzene rings is 4. The molecule has 1 heterocycles. The van der Waals surface area contributed by atoms with Crippen molar-refractivity contribution in [3.8, 4) is 16.9 Å². The smallest absolute Gasteiger partial charge is 0.196 e. The Kier molecular flexibility index (Phi) is 4.74. The number of carbonyl (C=O) groups is 1. The molecule has 0 spiro atoms. The zero-order valence-electron chi connectivity index (χ0n) is 16.4. The Bertz CT molecular complexity index is 1210. The lowest BCUT2D eigenvalue weighted by atomic mass is 9.89. The van der Waals surface area contributed by atoms with E-state index in [9.17, 15) is 4.79 Å². The maximum atomic E-state index is 13.3. The van der Waals surface area contributed by atoms with Gasteiger partial charge in [0.2, 0.25) is 0 Å². The Morgan fingerprint density at radius 2 is 1.23 bits per heavy atom. The fourth-order valence-electron chi connectivity index (χ4n) is 3.82. The van der Waals surface area contributed by atoms with Crippen molar-refractivity contribution >= 4 is 11.9 Å². The van der Waals surface area contributed by atoms with Gasteiger partial charge in [-0.2, -0.15) is 0 Å². The minimum Gasteiger partial charge on any atom is -0.480 e. The topological polar surface area (TPSA) is 26.3 Å². The average molecular weight is 388 g/mol. The SMILES string of the molecule is O=C1/C(=C/c2ccc(-c3ccccc3)cc2)[C@H](c2ccccc2)Oc2ccccc21. The number of fused-ring (bicyclic) bond motifs is 1. The quantitative estimate of drug-likeness (QED) is 0.363. The number of rotatable bonds is 3. The second-order valence-corrected chi connectivity index (χ2v) is 7.32. The van der Waals surface area contributed by atoms with Crippen LogP contribution in [0.2, 0.25) is 0 Å². The van der Waals surface area contributed by atoms with Crippen LogP contribution in [-0.2, 0) is 0 Å². The molecule has 2 heteroatoms. The summed E-state index contributed by atoms with van der Waals surface area (Å²) < 4.78 is 6.28. The lowest BCUT2D eigenvalue weighted by Crippen LogP contribution is -2.23. The Hall–Kier alpha value is -3.91. The molecule has 1 atom stereocenters. The number of para-hydroxylation sites is 1. The van der Waals surface area contributed by atoms with Crippen molar-refractivity contribution in [3.63, 3.8) is 0 Å². The number of hydrogen-bond donors (Lipinski definition) is 0. The first-order valence-electron chi connectivity index (χ1n) is 10.0. The molecule has 1 aliphatic heterocycles. The Morgan fingerprint density at radius 3 is 1.97 bits per heavy atom. The molecule has 0 amide bonds. The summed E-state index contributed by atoms with van der Waals surface area (Å²) in [6, 6.07) is 35.9. The van der Waals surface area contributed by atoms with Gasteiger partial charge >= 0.3 is 0 Å². The average Bonchev–Trinajstić information content (AvgIpc) is 2.82. The largest absolute Gasteiger partial charge is 0.480 e. The van der Waals surface area contributed by atoms with E-state index >= 15 is 0 Å². The van der Waals surface area contributed by atoms with E-state index in [1.165, 1.54) is 5.56 Å². The van der Waals surface area contributed by atoms with Crippen molar-refractivity contribution in [3.05, 3.63) is 131 Å². The van der Waals surface area contributed by atoms with E-state index in [0.29, 0.717) is 16.9 Å². The molecule has 4 aromatic carbocycles. The molecule has 1 aliphatic rings. The van der Waals surface area contributed by atoms with Crippen LogP contribution in [0.15, 0.2) is 115 Å². The van der Waals surface area contributed by atoms with E-state index in [-0.39, 0.29) is 5.78 Å². The first-order chi connectivity index (χ1) is 14.8. The van der Waals surface area contributed by atoms with Crippen molar-refractivity contribution in [2.45, 2.75) is 6.10 Å². The van der Waals surface area contributed by atoms with Crippen LogP contribution in [0.3, 0.4) is 0 Å². The van der Waals surface area contributed by atoms with Gasteiger partial charge in [-0.05, 0) is 40.5 Å². The van der Waals surface area contributed by atoms with Crippen LogP contribution < -0.4 is 4.74 Å². The van der Waals surface area contributed by atoms with Crippen LogP contribution in [0, 0.1) is 0 Å². The summed E-state index contributed by atoms with van der Waals surface area (Å²) in [5.74, 6) is 0.644. The van der Waals surface area contributed by atoms with E-state index < -0.39 is 6.10 Å². The number of ketones is 1. The number of carbonyl (C=O) groups excluding carboxylic acids is 1. The van der Waals surface area contributed by atoms with Gasteiger partial charge in [0, 0.05) is 5.57 Å². The van der Waals surface area contributed by atoms with Crippen molar-refractivity contribution in [1.29, 1.82) is 0 Å². The highest BCUT2D eigenvalue weighted by atomic mass is 16.5. The molecular weight excluding hydrogens is 368 g/mol. The summed E-state index contributed by atoms with van der Waals surface area (Å²) in [4.78, 5) is 13.3. The first-order valence-corrected chi connectivity index (χ1v) is 10.0. The molecule has 2 nitrogen and oxygen atoms in total. The fraction of sp³-hybridized carbons (Fsp3) is 0.0357. The lowest BCUT2D eigenvalue weighted by Gasteiger charge is -2.28. The molecule has 5 rings (SSSR count). The number of hydrogen-bond acceptors (Lipinski definition) is 2. The third kappa shape index (κ3) is 3.44. The van der Waals surface area contributed by atoms with Crippen LogP contribution in [0.5, 0.6) is 5.75 Å². The van der Waals surface area contributed by atoms with Gasteiger partial charge in [0.15, 0.2) is 11.9 Å². The van der Waals surface area contributed by atoms with Crippen molar-refractivity contribution in [2.24, 2.45) is 0 Å². The molecule has 144 valence electrons. The van der Waals surface area contributed by atoms with Gasteiger partial charge in [-0.1, -0.05) is 97.1 Å². The van der Waals surface area contributed by atoms with Crippen LogP contribution in [0.25, 0.3) is 17.2 Å². The Balaban J connectivity index is 1.56. The standard InChI is InChI=1S/C28H20O2/c29-27-24-13-7-8-14-26(24)30-28(23-11-5-2-6-12-23)25(27)19-20-15-17-22(18-16-20)21-9-3-1-4-10-21/h1-19,28H/b25-19-/t28-/m0/s1. The maximum Gasteiger partial charge on any atom is 0.196 e. The van der Waals surface area contributed by atoms with E-state index in [1.54, 1.807) is 0 Å². The molecule has 0 aliphatic carbocycles. The van der Waals surface area contributed by atoms with Crippen LogP contribution in [0.1, 0.15) is 27.6 Å². The summed E-state index contributed by atoms with van der Waals surface area (Å²) in [7, 11) is 0. The van der Waals surface area contributed by atoms with E-state index in [0.717, 1.165) is 16.7 Å². The predicted molar refractivity (Wildman–Crippen MR) is 120 cm³/mol. The van der Waals surface area contributed by atoms with Gasteiger partial charge < -0.3 is 4.74 Å². The lowest BCUT2D eigenvalue weighted by molar-refractivity contribution is 0.0963. The normalized spacial score (nSPS) is 16.7. The van der Waals surface area contributed by atoms with Gasteiger partial charge in [-0.3, -0.25) is 4.79 Å². The predicted octanol–water partition coefficient (Wildman–Crippen LogP) is 6.75. The first kappa shape index (κ1) is 18.1. The number of Topliss-reactive ketones (excluding diaryl/α,β-unsaturated/α-hetero) is 1. The third-order valence-corrected chi connectivity index (χ3v) is 5.36. The van der Waals surface area contributed by atoms with Crippen molar-refractivity contribution in [1.82, 2.24) is 0 Å². The van der Waals surface area contributed by atoms with E-state index in [1.807, 2.05) is 91.0 Å². The maximum absolute atomic E-state index is 13.3. The molecule has 4 aromatic rings. The molecular formula is C28H20O2. The summed E-state index contributed by atoms with van der Waals surface area (Å²) in [5.41, 5.74) is 5.51. The summed E-state index contributed by atoms with van der Waals surface area (Å²) >= 11 is 0. The van der Waals surface area contributed by atoms with Gasteiger partial charge in [-0.25, -0.2) is 0 Å². The molecule has 0 saturated carbocycles. The van der Waals surface area contributed by atoms with E-state index in [4.69, 9.17) is 4.74 Å². The molecule has 0 aromatic heterocycles. The van der Waals surface area contributed by atoms with Gasteiger partial charge in [0.1, 0.15) is 5.75 Å². The van der Waals surface area contributed by atoms with Crippen molar-refractivity contribution in [2.75, 3.05) is 0 Å². The number of ether oxygens (including phenoxy) is 1. The van der Waals surface area contributed by atoms with Crippen LogP contribution in [0.4, 0.5) is 0 Å².